The summed E-state index contributed by atoms with van der Waals surface area (Å²) in [6.45, 7) is 2.27. The first-order valence-corrected chi connectivity index (χ1v) is 9.73. The first-order valence-electron chi connectivity index (χ1n) is 9.73. The van der Waals surface area contributed by atoms with Gasteiger partial charge in [-0.1, -0.05) is 37.3 Å². The van der Waals surface area contributed by atoms with Gasteiger partial charge in [-0.25, -0.2) is 8.78 Å². The monoisotopic (exact) mass is 399 g/mol. The first kappa shape index (κ1) is 19.5. The third-order valence-electron chi connectivity index (χ3n) is 5.61. The van der Waals surface area contributed by atoms with Crippen LogP contribution in [0.25, 0.3) is 0 Å². The van der Waals surface area contributed by atoms with Crippen molar-refractivity contribution in [2.45, 2.75) is 38.3 Å². The molecule has 1 aliphatic heterocycles. The minimum Gasteiger partial charge on any atom is -0.443 e. The van der Waals surface area contributed by atoms with Crippen LogP contribution in [0.2, 0.25) is 0 Å². The molecular formula is C22H23F2N3O2. The summed E-state index contributed by atoms with van der Waals surface area (Å²) in [6.07, 6.45) is 2.44. The van der Waals surface area contributed by atoms with Crippen LogP contribution in [-0.4, -0.2) is 23.4 Å². The first-order chi connectivity index (χ1) is 13.9. The highest BCUT2D eigenvalue weighted by molar-refractivity contribution is 5.98. The number of nitrogens with two attached hydrogens (primary N) is 1. The summed E-state index contributed by atoms with van der Waals surface area (Å²) in [5, 5.41) is 5.70. The van der Waals surface area contributed by atoms with Crippen LogP contribution < -0.4 is 5.73 Å². The van der Waals surface area contributed by atoms with E-state index in [4.69, 9.17) is 10.5 Å². The third-order valence-corrected chi connectivity index (χ3v) is 5.61. The van der Waals surface area contributed by atoms with Gasteiger partial charge in [0.25, 0.3) is 5.91 Å². The molecule has 7 heteroatoms. The van der Waals surface area contributed by atoms with Crippen molar-refractivity contribution < 1.29 is 18.3 Å². The molecule has 0 saturated heterocycles. The van der Waals surface area contributed by atoms with Crippen molar-refractivity contribution in [2.24, 2.45) is 16.3 Å². The van der Waals surface area contributed by atoms with Gasteiger partial charge in [0, 0.05) is 17.4 Å². The Morgan fingerprint density at radius 3 is 2.59 bits per heavy atom. The summed E-state index contributed by atoms with van der Waals surface area (Å²) in [7, 11) is 0. The number of hydrogen-bond donors (Lipinski definition) is 1. The Morgan fingerprint density at radius 2 is 1.93 bits per heavy atom. The molecule has 0 bridgehead atoms. The van der Waals surface area contributed by atoms with E-state index in [-0.39, 0.29) is 17.4 Å². The van der Waals surface area contributed by atoms with Crippen LogP contribution in [0.15, 0.2) is 53.6 Å². The van der Waals surface area contributed by atoms with E-state index in [1.54, 1.807) is 0 Å². The van der Waals surface area contributed by atoms with E-state index < -0.39 is 22.8 Å². The highest BCUT2D eigenvalue weighted by atomic mass is 19.1. The van der Waals surface area contributed by atoms with Crippen LogP contribution in [0, 0.1) is 17.0 Å². The van der Waals surface area contributed by atoms with Gasteiger partial charge in [0.2, 0.25) is 11.6 Å². The van der Waals surface area contributed by atoms with Crippen LogP contribution in [0.4, 0.5) is 8.78 Å². The van der Waals surface area contributed by atoms with Crippen molar-refractivity contribution in [3.8, 4) is 0 Å². The molecule has 5 nitrogen and oxygen atoms in total. The summed E-state index contributed by atoms with van der Waals surface area (Å²) in [4.78, 5) is 13.3. The number of rotatable bonds is 6. The van der Waals surface area contributed by atoms with E-state index >= 15 is 0 Å². The van der Waals surface area contributed by atoms with Gasteiger partial charge < -0.3 is 10.5 Å². The zero-order valence-electron chi connectivity index (χ0n) is 16.2. The topological polar surface area (TPSA) is 67.9 Å². The molecule has 1 unspecified atom stereocenters. The summed E-state index contributed by atoms with van der Waals surface area (Å²) in [6, 6.07) is 12.3. The van der Waals surface area contributed by atoms with E-state index in [1.165, 1.54) is 5.01 Å². The lowest BCUT2D eigenvalue weighted by Gasteiger charge is -2.36. The quantitative estimate of drug-likeness (QED) is 0.802. The number of carbonyl (C=O) groups is 1. The average Bonchev–Trinajstić information content (AvgIpc) is 3.37. The number of benzene rings is 2. The minimum atomic E-state index is -1.25. The Kier molecular flexibility index (Phi) is 4.86. The van der Waals surface area contributed by atoms with Gasteiger partial charge in [0.1, 0.15) is 11.6 Å². The number of hydrogen-bond acceptors (Lipinski definition) is 4. The SMILES string of the molecule is CC1(C(=O)N2N=C(c3cc(F)ccc3F)OC2(CCCN)c2ccccc2)CC1. The second kappa shape index (κ2) is 7.22. The molecule has 2 aliphatic rings. The van der Waals surface area contributed by atoms with Crippen molar-refractivity contribution in [1.82, 2.24) is 5.01 Å². The van der Waals surface area contributed by atoms with E-state index in [9.17, 15) is 13.6 Å². The summed E-state index contributed by atoms with van der Waals surface area (Å²) < 4.78 is 34.5. The molecule has 2 aromatic rings. The summed E-state index contributed by atoms with van der Waals surface area (Å²) in [5.74, 6) is -1.58. The zero-order chi connectivity index (χ0) is 20.6. The highest BCUT2D eigenvalue weighted by Gasteiger charge is 2.57. The molecule has 0 aromatic heterocycles. The molecule has 29 heavy (non-hydrogen) atoms. The van der Waals surface area contributed by atoms with Crippen LogP contribution in [0.3, 0.4) is 0 Å². The fraction of sp³-hybridized carbons (Fsp3) is 0.364. The standard InChI is InChI=1S/C22H23F2N3O2/c1-21(11-12-21)20(28)27-22(10-5-13-25,15-6-3-2-4-7-15)29-19(26-27)17-14-16(23)8-9-18(17)24/h2-4,6-9,14H,5,10-13,25H2,1H3. The highest BCUT2D eigenvalue weighted by Crippen LogP contribution is 2.51. The second-order valence-electron chi connectivity index (χ2n) is 7.85. The predicted molar refractivity (Wildman–Crippen MR) is 105 cm³/mol. The molecule has 1 atom stereocenters. The zero-order valence-corrected chi connectivity index (χ0v) is 16.2. The Labute approximate surface area is 168 Å². The molecule has 2 N–H and O–H groups in total. The van der Waals surface area contributed by atoms with Crippen LogP contribution in [0.5, 0.6) is 0 Å². The Balaban J connectivity index is 1.84. The van der Waals surface area contributed by atoms with Crippen molar-refractivity contribution in [1.29, 1.82) is 0 Å². The maximum Gasteiger partial charge on any atom is 0.252 e. The molecule has 0 spiro atoms. The molecule has 0 radical (unpaired) electrons. The van der Waals surface area contributed by atoms with Crippen molar-refractivity contribution >= 4 is 11.8 Å². The number of halogens is 2. The normalized spacial score (nSPS) is 22.2. The number of nitrogens with zero attached hydrogens (tertiary/aromatic N) is 2. The Hall–Kier alpha value is -2.80. The lowest BCUT2D eigenvalue weighted by atomic mass is 9.95. The number of hydrazone groups is 1. The van der Waals surface area contributed by atoms with Gasteiger partial charge in [-0.15, -0.1) is 5.10 Å². The molecule has 1 amide bonds. The maximum absolute atomic E-state index is 14.5. The summed E-state index contributed by atoms with van der Waals surface area (Å²) >= 11 is 0. The van der Waals surface area contributed by atoms with E-state index in [1.807, 2.05) is 37.3 Å². The lowest BCUT2D eigenvalue weighted by Crippen LogP contribution is -2.47. The van der Waals surface area contributed by atoms with Gasteiger partial charge in [-0.3, -0.25) is 4.79 Å². The van der Waals surface area contributed by atoms with Crippen molar-refractivity contribution in [3.63, 3.8) is 0 Å². The Bertz CT molecular complexity index is 960. The van der Waals surface area contributed by atoms with E-state index in [0.717, 1.165) is 31.0 Å². The fourth-order valence-electron chi connectivity index (χ4n) is 3.55. The van der Waals surface area contributed by atoms with Gasteiger partial charge in [-0.05, 0) is 44.0 Å². The molecular weight excluding hydrogens is 376 g/mol. The molecule has 1 fully saturated rings. The molecule has 1 saturated carbocycles. The molecule has 152 valence electrons. The Morgan fingerprint density at radius 1 is 1.21 bits per heavy atom. The number of carbonyl (C=O) groups excluding carboxylic acids is 1. The lowest BCUT2D eigenvalue weighted by molar-refractivity contribution is -0.158. The number of ether oxygens (including phenoxy) is 1. The average molecular weight is 399 g/mol. The third kappa shape index (κ3) is 3.40. The fourth-order valence-corrected chi connectivity index (χ4v) is 3.55. The van der Waals surface area contributed by atoms with Crippen molar-refractivity contribution in [2.75, 3.05) is 6.54 Å². The van der Waals surface area contributed by atoms with Gasteiger partial charge in [0.05, 0.1) is 5.56 Å². The molecule has 4 rings (SSSR count). The van der Waals surface area contributed by atoms with Crippen LogP contribution >= 0.6 is 0 Å². The second-order valence-corrected chi connectivity index (χ2v) is 7.85. The molecule has 2 aromatic carbocycles. The minimum absolute atomic E-state index is 0.111. The molecule has 1 aliphatic carbocycles. The van der Waals surface area contributed by atoms with Gasteiger partial charge in [-0.2, -0.15) is 5.01 Å². The van der Waals surface area contributed by atoms with E-state index in [2.05, 4.69) is 5.10 Å². The van der Waals surface area contributed by atoms with Gasteiger partial charge in [0.15, 0.2) is 0 Å². The van der Waals surface area contributed by atoms with E-state index in [0.29, 0.717) is 24.9 Å². The van der Waals surface area contributed by atoms with Crippen LogP contribution in [0.1, 0.15) is 43.7 Å². The van der Waals surface area contributed by atoms with Crippen molar-refractivity contribution in [3.05, 3.63) is 71.3 Å². The number of amides is 1. The smallest absolute Gasteiger partial charge is 0.252 e. The largest absolute Gasteiger partial charge is 0.443 e. The predicted octanol–water partition coefficient (Wildman–Crippen LogP) is 3.88. The van der Waals surface area contributed by atoms with Gasteiger partial charge >= 0.3 is 0 Å². The summed E-state index contributed by atoms with van der Waals surface area (Å²) in [5.41, 5.74) is 4.57. The molecule has 1 heterocycles. The maximum atomic E-state index is 14.5. The van der Waals surface area contributed by atoms with Crippen LogP contribution in [-0.2, 0) is 15.3 Å².